The molecule has 12 heavy (non-hydrogen) atoms. The Labute approximate surface area is 88.8 Å². The van der Waals surface area contributed by atoms with E-state index in [1.807, 2.05) is 18.7 Å². The van der Waals surface area contributed by atoms with Crippen LogP contribution in [0.15, 0.2) is 0 Å². The van der Waals surface area contributed by atoms with Crippen molar-refractivity contribution in [2.45, 2.75) is 33.1 Å². The average molecular weight is 283 g/mol. The monoisotopic (exact) mass is 283 g/mol. The Kier molecular flexibility index (Phi) is 7.96. The first-order valence-electron chi connectivity index (χ1n) is 4.60. The van der Waals surface area contributed by atoms with Crippen molar-refractivity contribution in [1.82, 2.24) is 4.90 Å². The van der Waals surface area contributed by atoms with Crippen LogP contribution >= 0.6 is 22.6 Å². The van der Waals surface area contributed by atoms with Crippen molar-refractivity contribution in [3.8, 4) is 0 Å². The number of hydrogen-bond acceptors (Lipinski definition) is 1. The fraction of sp³-hybridized carbons (Fsp3) is 0.889. The molecule has 0 saturated carbocycles. The van der Waals surface area contributed by atoms with Gasteiger partial charge in [0.05, 0.1) is 0 Å². The van der Waals surface area contributed by atoms with Crippen molar-refractivity contribution in [2.75, 3.05) is 17.5 Å². The number of unbranched alkanes of at least 4 members (excludes halogenated alkanes) is 1. The van der Waals surface area contributed by atoms with E-state index >= 15 is 0 Å². The van der Waals surface area contributed by atoms with Gasteiger partial charge in [0.2, 0.25) is 5.91 Å². The minimum Gasteiger partial charge on any atom is -0.343 e. The fourth-order valence-corrected chi connectivity index (χ4v) is 1.64. The van der Waals surface area contributed by atoms with Crippen molar-refractivity contribution < 1.29 is 4.79 Å². The van der Waals surface area contributed by atoms with E-state index in [0.717, 1.165) is 36.8 Å². The smallest absolute Gasteiger partial charge is 0.222 e. The summed E-state index contributed by atoms with van der Waals surface area (Å²) in [5, 5.41) is 0. The van der Waals surface area contributed by atoms with Crippen LogP contribution in [0.3, 0.4) is 0 Å². The molecule has 0 atom stereocenters. The summed E-state index contributed by atoms with van der Waals surface area (Å²) in [5.74, 6) is 0.310. The van der Waals surface area contributed by atoms with E-state index in [2.05, 4.69) is 22.6 Å². The Balaban J connectivity index is 3.54. The van der Waals surface area contributed by atoms with Crippen LogP contribution in [0, 0.1) is 0 Å². The number of carbonyl (C=O) groups is 1. The lowest BCUT2D eigenvalue weighted by Crippen LogP contribution is -2.30. The lowest BCUT2D eigenvalue weighted by atomic mass is 10.2. The van der Waals surface area contributed by atoms with E-state index in [1.165, 1.54) is 0 Å². The summed E-state index contributed by atoms with van der Waals surface area (Å²) in [7, 11) is 0. The Bertz CT molecular complexity index is 124. The SMILES string of the molecule is CCN(CC)C(=O)CCCCI. The maximum Gasteiger partial charge on any atom is 0.222 e. The molecular weight excluding hydrogens is 265 g/mol. The van der Waals surface area contributed by atoms with Crippen molar-refractivity contribution in [3.05, 3.63) is 0 Å². The summed E-state index contributed by atoms with van der Waals surface area (Å²) >= 11 is 2.35. The molecule has 0 rings (SSSR count). The van der Waals surface area contributed by atoms with Crippen LogP contribution in [0.4, 0.5) is 0 Å². The van der Waals surface area contributed by atoms with Crippen molar-refractivity contribution in [3.63, 3.8) is 0 Å². The number of rotatable bonds is 6. The Morgan fingerprint density at radius 2 is 1.83 bits per heavy atom. The molecule has 0 radical (unpaired) electrons. The normalized spacial score (nSPS) is 9.92. The van der Waals surface area contributed by atoms with Gasteiger partial charge in [0, 0.05) is 19.5 Å². The molecule has 1 amide bonds. The zero-order chi connectivity index (χ0) is 9.40. The molecule has 0 aliphatic heterocycles. The Morgan fingerprint density at radius 1 is 1.25 bits per heavy atom. The van der Waals surface area contributed by atoms with Gasteiger partial charge in [-0.05, 0) is 31.1 Å². The molecule has 3 heteroatoms. The van der Waals surface area contributed by atoms with Crippen LogP contribution in [-0.2, 0) is 4.79 Å². The van der Waals surface area contributed by atoms with Gasteiger partial charge in [-0.3, -0.25) is 4.79 Å². The van der Waals surface area contributed by atoms with Crippen LogP contribution in [0.1, 0.15) is 33.1 Å². The molecular formula is C9H18INO. The molecule has 2 nitrogen and oxygen atoms in total. The van der Waals surface area contributed by atoms with E-state index in [1.54, 1.807) is 0 Å². The molecule has 0 heterocycles. The van der Waals surface area contributed by atoms with Gasteiger partial charge in [0.25, 0.3) is 0 Å². The molecule has 0 aromatic carbocycles. The highest BCUT2D eigenvalue weighted by molar-refractivity contribution is 14.1. The zero-order valence-electron chi connectivity index (χ0n) is 7.98. The standard InChI is InChI=1S/C9H18INO/c1-3-11(4-2)9(12)7-5-6-8-10/h3-8H2,1-2H3. The van der Waals surface area contributed by atoms with Crippen LogP contribution in [-0.4, -0.2) is 28.3 Å². The molecule has 0 N–H and O–H groups in total. The van der Waals surface area contributed by atoms with Gasteiger partial charge in [-0.25, -0.2) is 0 Å². The van der Waals surface area contributed by atoms with Crippen LogP contribution in [0.25, 0.3) is 0 Å². The van der Waals surface area contributed by atoms with Gasteiger partial charge >= 0.3 is 0 Å². The van der Waals surface area contributed by atoms with Crippen LogP contribution in [0.5, 0.6) is 0 Å². The van der Waals surface area contributed by atoms with Crippen molar-refractivity contribution in [1.29, 1.82) is 0 Å². The van der Waals surface area contributed by atoms with Gasteiger partial charge in [-0.1, -0.05) is 22.6 Å². The maximum absolute atomic E-state index is 11.4. The average Bonchev–Trinajstić information content (AvgIpc) is 2.07. The van der Waals surface area contributed by atoms with Gasteiger partial charge in [0.1, 0.15) is 0 Å². The molecule has 0 aliphatic rings. The molecule has 0 bridgehead atoms. The molecule has 72 valence electrons. The predicted molar refractivity (Wildman–Crippen MR) is 60.7 cm³/mol. The van der Waals surface area contributed by atoms with Gasteiger partial charge in [-0.2, -0.15) is 0 Å². The van der Waals surface area contributed by atoms with Gasteiger partial charge in [0.15, 0.2) is 0 Å². The van der Waals surface area contributed by atoms with E-state index < -0.39 is 0 Å². The number of alkyl halides is 1. The number of hydrogen-bond donors (Lipinski definition) is 0. The summed E-state index contributed by atoms with van der Waals surface area (Å²) in [6.07, 6.45) is 2.93. The highest BCUT2D eigenvalue weighted by atomic mass is 127. The second-order valence-corrected chi connectivity index (χ2v) is 3.79. The van der Waals surface area contributed by atoms with Crippen molar-refractivity contribution in [2.24, 2.45) is 0 Å². The molecule has 0 saturated heterocycles. The summed E-state index contributed by atoms with van der Waals surface area (Å²) < 4.78 is 1.16. The highest BCUT2D eigenvalue weighted by Gasteiger charge is 2.07. The third-order valence-corrected chi connectivity index (χ3v) is 2.65. The van der Waals surface area contributed by atoms with Gasteiger partial charge in [-0.15, -0.1) is 0 Å². The molecule has 0 aliphatic carbocycles. The third kappa shape index (κ3) is 4.95. The first kappa shape index (κ1) is 12.2. The minimum atomic E-state index is 0.310. The summed E-state index contributed by atoms with van der Waals surface area (Å²) in [6.45, 7) is 5.75. The third-order valence-electron chi connectivity index (χ3n) is 1.89. The molecule has 0 aromatic rings. The largest absolute Gasteiger partial charge is 0.343 e. The zero-order valence-corrected chi connectivity index (χ0v) is 10.1. The number of carbonyl (C=O) groups excluding carboxylic acids is 1. The van der Waals surface area contributed by atoms with E-state index in [9.17, 15) is 4.79 Å². The Morgan fingerprint density at radius 3 is 2.25 bits per heavy atom. The van der Waals surface area contributed by atoms with E-state index in [0.29, 0.717) is 5.91 Å². The molecule has 0 spiro atoms. The predicted octanol–water partition coefficient (Wildman–Crippen LogP) is 2.46. The Hall–Kier alpha value is 0.200. The molecule has 0 fully saturated rings. The van der Waals surface area contributed by atoms with E-state index in [-0.39, 0.29) is 0 Å². The summed E-state index contributed by atoms with van der Waals surface area (Å²) in [5.41, 5.74) is 0. The summed E-state index contributed by atoms with van der Waals surface area (Å²) in [6, 6.07) is 0. The number of nitrogens with zero attached hydrogens (tertiary/aromatic N) is 1. The van der Waals surface area contributed by atoms with Crippen molar-refractivity contribution >= 4 is 28.5 Å². The fourth-order valence-electron chi connectivity index (χ4n) is 1.11. The first-order chi connectivity index (χ1) is 5.76. The lowest BCUT2D eigenvalue weighted by molar-refractivity contribution is -0.130. The molecule has 0 unspecified atom stereocenters. The second kappa shape index (κ2) is 7.83. The summed E-state index contributed by atoms with van der Waals surface area (Å²) in [4.78, 5) is 13.3. The number of halogens is 1. The molecule has 0 aromatic heterocycles. The topological polar surface area (TPSA) is 20.3 Å². The lowest BCUT2D eigenvalue weighted by Gasteiger charge is -2.18. The second-order valence-electron chi connectivity index (χ2n) is 2.71. The maximum atomic E-state index is 11.4. The minimum absolute atomic E-state index is 0.310. The van der Waals surface area contributed by atoms with Gasteiger partial charge < -0.3 is 4.90 Å². The quantitative estimate of drug-likeness (QED) is 0.416. The highest BCUT2D eigenvalue weighted by Crippen LogP contribution is 2.02. The van der Waals surface area contributed by atoms with Crippen LogP contribution < -0.4 is 0 Å². The first-order valence-corrected chi connectivity index (χ1v) is 6.12. The van der Waals surface area contributed by atoms with E-state index in [4.69, 9.17) is 0 Å². The number of amides is 1. The van der Waals surface area contributed by atoms with Crippen LogP contribution in [0.2, 0.25) is 0 Å².